The van der Waals surface area contributed by atoms with Crippen LogP contribution in [0.4, 0.5) is 13.2 Å². The number of nitrogens with one attached hydrogen (secondary N) is 2. The molecule has 0 saturated carbocycles. The number of aromatic nitrogens is 1. The van der Waals surface area contributed by atoms with Crippen LogP contribution in [0.15, 0.2) is 29.6 Å². The van der Waals surface area contributed by atoms with Crippen LogP contribution in [0.25, 0.3) is 0 Å². The van der Waals surface area contributed by atoms with Gasteiger partial charge in [0.2, 0.25) is 21.5 Å². The maximum Gasteiger partial charge on any atom is 0.424 e. The SMILES string of the molecule is Cc1csc(C(O)(CC(=O)NCc2ccccc2CS(=O)(=O)NC(C)C)C(F)(F)F)n1. The number of halogens is 3. The lowest BCUT2D eigenvalue weighted by Crippen LogP contribution is -2.46. The molecule has 0 spiro atoms. The summed E-state index contributed by atoms with van der Waals surface area (Å²) >= 11 is 0.619. The highest BCUT2D eigenvalue weighted by molar-refractivity contribution is 7.88. The maximum absolute atomic E-state index is 13.5. The molecule has 0 aliphatic rings. The van der Waals surface area contributed by atoms with Crippen LogP contribution in [0.1, 0.15) is 42.1 Å². The molecule has 0 aliphatic carbocycles. The van der Waals surface area contributed by atoms with Gasteiger partial charge in [0.1, 0.15) is 5.01 Å². The number of thiazole rings is 1. The van der Waals surface area contributed by atoms with Gasteiger partial charge in [-0.05, 0) is 31.9 Å². The average molecular weight is 480 g/mol. The van der Waals surface area contributed by atoms with Gasteiger partial charge in [-0.2, -0.15) is 13.2 Å². The summed E-state index contributed by atoms with van der Waals surface area (Å²) in [5, 5.41) is 13.3. The maximum atomic E-state index is 13.5. The summed E-state index contributed by atoms with van der Waals surface area (Å²) in [6.07, 6.45) is -6.37. The zero-order valence-electron chi connectivity index (χ0n) is 17.2. The fourth-order valence-electron chi connectivity index (χ4n) is 2.81. The van der Waals surface area contributed by atoms with E-state index in [2.05, 4.69) is 15.0 Å². The van der Waals surface area contributed by atoms with Crippen molar-refractivity contribution in [3.05, 3.63) is 51.5 Å². The second kappa shape index (κ2) is 9.63. The number of hydrogen-bond acceptors (Lipinski definition) is 6. The Morgan fingerprint density at radius 2 is 1.84 bits per heavy atom. The van der Waals surface area contributed by atoms with Gasteiger partial charge < -0.3 is 10.4 Å². The van der Waals surface area contributed by atoms with E-state index in [1.54, 1.807) is 38.1 Å². The lowest BCUT2D eigenvalue weighted by molar-refractivity contribution is -0.267. The molecule has 0 radical (unpaired) electrons. The van der Waals surface area contributed by atoms with Gasteiger partial charge in [0.15, 0.2) is 0 Å². The van der Waals surface area contributed by atoms with Crippen molar-refractivity contribution >= 4 is 27.3 Å². The lowest BCUT2D eigenvalue weighted by atomic mass is 9.99. The van der Waals surface area contributed by atoms with Crippen LogP contribution in [-0.4, -0.2) is 36.6 Å². The molecule has 0 saturated heterocycles. The molecule has 1 aromatic carbocycles. The molecule has 0 bridgehead atoms. The highest BCUT2D eigenvalue weighted by atomic mass is 32.2. The standard InChI is InChI=1S/C19H24F3N3O4S2/c1-12(2)25-31(28,29)11-15-7-5-4-6-14(15)9-23-16(26)8-18(27,19(20,21)22)17-24-13(3)10-30-17/h4-7,10,12,25,27H,8-9,11H2,1-3H3,(H,23,26). The van der Waals surface area contributed by atoms with Crippen LogP contribution >= 0.6 is 11.3 Å². The minimum atomic E-state index is -5.11. The lowest BCUT2D eigenvalue weighted by Gasteiger charge is -2.28. The summed E-state index contributed by atoms with van der Waals surface area (Å²) < 4.78 is 67.5. The van der Waals surface area contributed by atoms with Crippen LogP contribution < -0.4 is 10.0 Å². The Bertz CT molecular complexity index is 1020. The second-order valence-corrected chi connectivity index (χ2v) is 10.0. The van der Waals surface area contributed by atoms with Crippen LogP contribution in [0.5, 0.6) is 0 Å². The molecule has 31 heavy (non-hydrogen) atoms. The molecule has 172 valence electrons. The molecule has 7 nitrogen and oxygen atoms in total. The van der Waals surface area contributed by atoms with E-state index in [0.29, 0.717) is 28.2 Å². The Balaban J connectivity index is 2.14. The van der Waals surface area contributed by atoms with Gasteiger partial charge in [-0.15, -0.1) is 11.3 Å². The third-order valence-corrected chi connectivity index (χ3v) is 6.85. The molecule has 0 fully saturated rings. The number of hydrogen-bond donors (Lipinski definition) is 3. The quantitative estimate of drug-likeness (QED) is 0.513. The average Bonchev–Trinajstić information content (AvgIpc) is 3.05. The van der Waals surface area contributed by atoms with E-state index in [0.717, 1.165) is 0 Å². The predicted octanol–water partition coefficient (Wildman–Crippen LogP) is 2.74. The number of amides is 1. The van der Waals surface area contributed by atoms with Crippen molar-refractivity contribution in [3.8, 4) is 0 Å². The van der Waals surface area contributed by atoms with Crippen LogP contribution in [0.2, 0.25) is 0 Å². The molecule has 2 aromatic rings. The van der Waals surface area contributed by atoms with Gasteiger partial charge in [0.05, 0.1) is 12.2 Å². The van der Waals surface area contributed by atoms with Crippen LogP contribution in [-0.2, 0) is 32.7 Å². The molecule has 2 rings (SSSR count). The number of alkyl halides is 3. The first kappa shape index (κ1) is 25.2. The highest BCUT2D eigenvalue weighted by Gasteiger charge is 2.58. The summed E-state index contributed by atoms with van der Waals surface area (Å²) in [6, 6.07) is 6.08. The van der Waals surface area contributed by atoms with Gasteiger partial charge in [-0.25, -0.2) is 18.1 Å². The monoisotopic (exact) mass is 479 g/mol. The zero-order valence-corrected chi connectivity index (χ0v) is 18.8. The third-order valence-electron chi connectivity index (χ3n) is 4.21. The Morgan fingerprint density at radius 1 is 1.23 bits per heavy atom. The normalized spacial score (nSPS) is 14.5. The molecule has 3 N–H and O–H groups in total. The summed E-state index contributed by atoms with van der Waals surface area (Å²) in [6.45, 7) is 4.64. The molecule has 12 heteroatoms. The largest absolute Gasteiger partial charge is 0.424 e. The van der Waals surface area contributed by atoms with Crippen molar-refractivity contribution in [3.63, 3.8) is 0 Å². The smallest absolute Gasteiger partial charge is 0.374 e. The van der Waals surface area contributed by atoms with E-state index in [4.69, 9.17) is 0 Å². The molecule has 1 aromatic heterocycles. The minimum Gasteiger partial charge on any atom is -0.374 e. The van der Waals surface area contributed by atoms with E-state index in [9.17, 15) is 31.5 Å². The van der Waals surface area contributed by atoms with E-state index >= 15 is 0 Å². The highest BCUT2D eigenvalue weighted by Crippen LogP contribution is 2.42. The van der Waals surface area contributed by atoms with E-state index < -0.39 is 39.1 Å². The summed E-state index contributed by atoms with van der Waals surface area (Å²) in [5.41, 5.74) is -2.28. The number of carbonyl (C=O) groups excluding carboxylic acids is 1. The van der Waals surface area contributed by atoms with Crippen LogP contribution in [0, 0.1) is 6.92 Å². The van der Waals surface area contributed by atoms with Crippen molar-refractivity contribution in [2.45, 2.75) is 57.3 Å². The van der Waals surface area contributed by atoms with Crippen molar-refractivity contribution in [2.75, 3.05) is 0 Å². The fourth-order valence-corrected chi connectivity index (χ4v) is 5.21. The zero-order chi connectivity index (χ0) is 23.4. The Labute approximate surface area is 182 Å². The van der Waals surface area contributed by atoms with Crippen molar-refractivity contribution in [1.29, 1.82) is 0 Å². The Morgan fingerprint density at radius 3 is 2.35 bits per heavy atom. The van der Waals surface area contributed by atoms with Gasteiger partial charge in [0.25, 0.3) is 0 Å². The Kier molecular flexibility index (Phi) is 7.84. The van der Waals surface area contributed by atoms with Gasteiger partial charge in [0, 0.05) is 23.7 Å². The number of rotatable bonds is 9. The Hall–Kier alpha value is -2.02. The molecular formula is C19H24F3N3O4S2. The first-order valence-corrected chi connectivity index (χ1v) is 11.8. The molecule has 1 amide bonds. The topological polar surface area (TPSA) is 108 Å². The molecule has 1 atom stereocenters. The number of carbonyl (C=O) groups is 1. The summed E-state index contributed by atoms with van der Waals surface area (Å²) in [5.74, 6) is -1.40. The van der Waals surface area contributed by atoms with Gasteiger partial charge in [-0.3, -0.25) is 4.79 Å². The number of aryl methyl sites for hydroxylation is 1. The number of sulfonamides is 1. The van der Waals surface area contributed by atoms with Crippen LogP contribution in [0.3, 0.4) is 0 Å². The summed E-state index contributed by atoms with van der Waals surface area (Å²) in [4.78, 5) is 16.0. The summed E-state index contributed by atoms with van der Waals surface area (Å²) in [7, 11) is -3.64. The predicted molar refractivity (Wildman–Crippen MR) is 111 cm³/mol. The van der Waals surface area contributed by atoms with Gasteiger partial charge >= 0.3 is 6.18 Å². The van der Waals surface area contributed by atoms with E-state index in [1.807, 2.05) is 0 Å². The van der Waals surface area contributed by atoms with Crippen molar-refractivity contribution in [2.24, 2.45) is 0 Å². The van der Waals surface area contributed by atoms with Crippen molar-refractivity contribution in [1.82, 2.24) is 15.0 Å². The van der Waals surface area contributed by atoms with E-state index in [1.165, 1.54) is 12.3 Å². The second-order valence-electron chi connectivity index (χ2n) is 7.41. The number of aliphatic hydroxyl groups is 1. The number of benzene rings is 1. The van der Waals surface area contributed by atoms with Crippen molar-refractivity contribution < 1.29 is 31.5 Å². The fraction of sp³-hybridized carbons (Fsp3) is 0.474. The first-order valence-electron chi connectivity index (χ1n) is 9.29. The minimum absolute atomic E-state index is 0.197. The molecule has 0 aliphatic heterocycles. The first-order chi connectivity index (χ1) is 14.2. The molecule has 1 heterocycles. The molecular weight excluding hydrogens is 455 g/mol. The molecule has 1 unspecified atom stereocenters. The van der Waals surface area contributed by atoms with E-state index in [-0.39, 0.29) is 18.3 Å². The third kappa shape index (κ3) is 6.73. The van der Waals surface area contributed by atoms with Gasteiger partial charge in [-0.1, -0.05) is 24.3 Å². The number of nitrogens with zero attached hydrogens (tertiary/aromatic N) is 1.